The molecule has 5 N–H and O–H groups in total. The summed E-state index contributed by atoms with van der Waals surface area (Å²) in [6.45, 7) is -0.0612. The smallest absolute Gasteiger partial charge is 0.238 e. The van der Waals surface area contributed by atoms with E-state index in [4.69, 9.17) is 10.7 Å². The molecular weight excluding hydrogens is 386 g/mol. The molecular formula is C25H21N5O. The maximum absolute atomic E-state index is 11.7. The number of imidazole rings is 1. The van der Waals surface area contributed by atoms with Crippen molar-refractivity contribution >= 4 is 22.5 Å². The minimum Gasteiger partial charge on any atom is -0.360 e. The van der Waals surface area contributed by atoms with Gasteiger partial charge < -0.3 is 21.0 Å². The number of aromatic nitrogens is 3. The van der Waals surface area contributed by atoms with E-state index in [0.29, 0.717) is 5.69 Å². The van der Waals surface area contributed by atoms with E-state index in [9.17, 15) is 4.79 Å². The van der Waals surface area contributed by atoms with Crippen molar-refractivity contribution < 1.29 is 4.79 Å². The number of amides is 1. The molecule has 31 heavy (non-hydrogen) atoms. The van der Waals surface area contributed by atoms with Crippen LogP contribution >= 0.6 is 0 Å². The second-order valence-electron chi connectivity index (χ2n) is 7.26. The number of nitrogens with one attached hydrogen (secondary N) is 3. The van der Waals surface area contributed by atoms with E-state index in [1.54, 1.807) is 0 Å². The number of hydrogen-bond acceptors (Lipinski definition) is 3. The van der Waals surface area contributed by atoms with Gasteiger partial charge >= 0.3 is 0 Å². The molecule has 0 saturated heterocycles. The Labute approximate surface area is 179 Å². The molecule has 5 rings (SSSR count). The van der Waals surface area contributed by atoms with Crippen molar-refractivity contribution in [3.05, 3.63) is 85.1 Å². The lowest BCUT2D eigenvalue weighted by Crippen LogP contribution is -2.21. The van der Waals surface area contributed by atoms with E-state index in [1.807, 2.05) is 79.0 Å². The molecule has 152 valence electrons. The first-order chi connectivity index (χ1) is 15.2. The number of anilines is 1. The number of nitrogens with zero attached hydrogens (tertiary/aromatic N) is 1. The van der Waals surface area contributed by atoms with Crippen LogP contribution in [-0.4, -0.2) is 27.4 Å². The maximum atomic E-state index is 11.7. The van der Waals surface area contributed by atoms with Gasteiger partial charge in [0.2, 0.25) is 5.91 Å². The van der Waals surface area contributed by atoms with Gasteiger partial charge in [0.05, 0.1) is 17.9 Å². The number of fused-ring (bicyclic) bond motifs is 1. The minimum absolute atomic E-state index is 0.0612. The molecule has 0 spiro atoms. The number of para-hydroxylation sites is 1. The van der Waals surface area contributed by atoms with Gasteiger partial charge in [-0.3, -0.25) is 4.79 Å². The number of hydrogen-bond donors (Lipinski definition) is 4. The quantitative estimate of drug-likeness (QED) is 0.337. The Morgan fingerprint density at radius 1 is 0.935 bits per heavy atom. The van der Waals surface area contributed by atoms with Gasteiger partial charge in [0.1, 0.15) is 5.82 Å². The molecule has 0 unspecified atom stereocenters. The Bertz CT molecular complexity index is 1370. The van der Waals surface area contributed by atoms with Crippen molar-refractivity contribution in [2.75, 3.05) is 11.9 Å². The Morgan fingerprint density at radius 3 is 2.55 bits per heavy atom. The molecule has 0 atom stereocenters. The van der Waals surface area contributed by atoms with Crippen molar-refractivity contribution in [2.45, 2.75) is 0 Å². The standard InChI is InChI=1S/C25H21N5O/c26-14-22(31)28-18-10-6-9-17(13-18)24-23(16-7-2-1-3-8-16)29-25(30-24)20-15-27-21-12-5-4-11-19(20)21/h1-13,15,27H,14,26H2,(H,28,31)(H,29,30). The van der Waals surface area contributed by atoms with Crippen molar-refractivity contribution in [3.8, 4) is 33.9 Å². The van der Waals surface area contributed by atoms with Gasteiger partial charge in [-0.2, -0.15) is 0 Å². The lowest BCUT2D eigenvalue weighted by atomic mass is 10.0. The zero-order chi connectivity index (χ0) is 21.2. The van der Waals surface area contributed by atoms with Crippen LogP contribution in [0.15, 0.2) is 85.1 Å². The summed E-state index contributed by atoms with van der Waals surface area (Å²) in [5.41, 5.74) is 11.9. The fourth-order valence-electron chi connectivity index (χ4n) is 3.75. The van der Waals surface area contributed by atoms with E-state index < -0.39 is 0 Å². The van der Waals surface area contributed by atoms with Crippen LogP contribution in [-0.2, 0) is 4.79 Å². The topological polar surface area (TPSA) is 99.6 Å². The Hall–Kier alpha value is -4.16. The van der Waals surface area contributed by atoms with Gasteiger partial charge in [0.25, 0.3) is 0 Å². The van der Waals surface area contributed by atoms with Gasteiger partial charge in [-0.25, -0.2) is 4.98 Å². The highest BCUT2D eigenvalue weighted by atomic mass is 16.1. The number of carbonyl (C=O) groups is 1. The van der Waals surface area contributed by atoms with Crippen molar-refractivity contribution in [2.24, 2.45) is 5.73 Å². The molecule has 0 aliphatic rings. The Balaban J connectivity index is 1.66. The summed E-state index contributed by atoms with van der Waals surface area (Å²) in [4.78, 5) is 23.5. The zero-order valence-corrected chi connectivity index (χ0v) is 16.7. The lowest BCUT2D eigenvalue weighted by Gasteiger charge is -2.07. The minimum atomic E-state index is -0.232. The molecule has 0 fully saturated rings. The number of aromatic amines is 2. The van der Waals surface area contributed by atoms with E-state index >= 15 is 0 Å². The molecule has 0 radical (unpaired) electrons. The van der Waals surface area contributed by atoms with Crippen molar-refractivity contribution in [1.29, 1.82) is 0 Å². The van der Waals surface area contributed by atoms with Crippen molar-refractivity contribution in [1.82, 2.24) is 15.0 Å². The largest absolute Gasteiger partial charge is 0.360 e. The summed E-state index contributed by atoms with van der Waals surface area (Å²) in [6, 6.07) is 25.9. The van der Waals surface area contributed by atoms with E-state index in [2.05, 4.69) is 21.4 Å². The molecule has 6 nitrogen and oxygen atoms in total. The third-order valence-electron chi connectivity index (χ3n) is 5.22. The highest BCUT2D eigenvalue weighted by molar-refractivity contribution is 5.96. The predicted molar refractivity (Wildman–Crippen MR) is 124 cm³/mol. The second-order valence-corrected chi connectivity index (χ2v) is 7.26. The molecule has 2 heterocycles. The molecule has 0 aliphatic carbocycles. The second kappa shape index (κ2) is 7.93. The molecule has 6 heteroatoms. The third-order valence-corrected chi connectivity index (χ3v) is 5.22. The van der Waals surface area contributed by atoms with E-state index in [0.717, 1.165) is 44.8 Å². The van der Waals surface area contributed by atoms with Crippen LogP contribution in [0.4, 0.5) is 5.69 Å². The van der Waals surface area contributed by atoms with Gasteiger partial charge in [0, 0.05) is 39.5 Å². The fraction of sp³-hybridized carbons (Fsp3) is 0.0400. The first kappa shape index (κ1) is 18.8. The zero-order valence-electron chi connectivity index (χ0n) is 16.7. The van der Waals surface area contributed by atoms with E-state index in [1.165, 1.54) is 0 Å². The number of nitrogens with two attached hydrogens (primary N) is 1. The number of H-pyrrole nitrogens is 2. The molecule has 2 aromatic heterocycles. The molecule has 1 amide bonds. The van der Waals surface area contributed by atoms with Crippen LogP contribution in [0.5, 0.6) is 0 Å². The van der Waals surface area contributed by atoms with Crippen molar-refractivity contribution in [3.63, 3.8) is 0 Å². The Morgan fingerprint density at radius 2 is 1.71 bits per heavy atom. The number of benzene rings is 3. The average Bonchev–Trinajstić information content (AvgIpc) is 3.44. The summed E-state index contributed by atoms with van der Waals surface area (Å²) in [7, 11) is 0. The third kappa shape index (κ3) is 3.60. The molecule has 0 bridgehead atoms. The van der Waals surface area contributed by atoms with Crippen LogP contribution < -0.4 is 11.1 Å². The Kier molecular flexibility index (Phi) is 4.82. The van der Waals surface area contributed by atoms with Gasteiger partial charge in [0.15, 0.2) is 0 Å². The summed E-state index contributed by atoms with van der Waals surface area (Å²) in [5, 5.41) is 3.92. The van der Waals surface area contributed by atoms with Gasteiger partial charge in [-0.05, 0) is 18.2 Å². The number of rotatable bonds is 5. The predicted octanol–water partition coefficient (Wildman–Crippen LogP) is 4.79. The van der Waals surface area contributed by atoms with Gasteiger partial charge in [-0.15, -0.1) is 0 Å². The summed E-state index contributed by atoms with van der Waals surface area (Å²) >= 11 is 0. The maximum Gasteiger partial charge on any atom is 0.238 e. The SMILES string of the molecule is NCC(=O)Nc1cccc(-c2[nH]c(-c3c[nH]c4ccccc34)nc2-c2ccccc2)c1. The normalized spacial score (nSPS) is 11.0. The number of carbonyl (C=O) groups excluding carboxylic acids is 1. The van der Waals surface area contributed by atoms with Crippen LogP contribution in [0, 0.1) is 0 Å². The van der Waals surface area contributed by atoms with Crippen LogP contribution in [0.3, 0.4) is 0 Å². The molecule has 3 aromatic carbocycles. The molecule has 5 aromatic rings. The monoisotopic (exact) mass is 407 g/mol. The highest BCUT2D eigenvalue weighted by Crippen LogP contribution is 2.35. The summed E-state index contributed by atoms with van der Waals surface area (Å²) in [5.74, 6) is 0.548. The van der Waals surface area contributed by atoms with Gasteiger partial charge in [-0.1, -0.05) is 60.7 Å². The highest BCUT2D eigenvalue weighted by Gasteiger charge is 2.17. The molecule has 0 saturated carbocycles. The summed E-state index contributed by atoms with van der Waals surface area (Å²) in [6.07, 6.45) is 1.97. The van der Waals surface area contributed by atoms with Crippen LogP contribution in [0.1, 0.15) is 0 Å². The van der Waals surface area contributed by atoms with E-state index in [-0.39, 0.29) is 12.5 Å². The van der Waals surface area contributed by atoms with Crippen LogP contribution in [0.25, 0.3) is 44.8 Å². The van der Waals surface area contributed by atoms with Crippen LogP contribution in [0.2, 0.25) is 0 Å². The summed E-state index contributed by atoms with van der Waals surface area (Å²) < 4.78 is 0. The lowest BCUT2D eigenvalue weighted by molar-refractivity contribution is -0.114. The average molecular weight is 407 g/mol. The fourth-order valence-corrected chi connectivity index (χ4v) is 3.75. The molecule has 0 aliphatic heterocycles. The first-order valence-corrected chi connectivity index (χ1v) is 10.0. The first-order valence-electron chi connectivity index (χ1n) is 10.0.